The van der Waals surface area contributed by atoms with Gasteiger partial charge in [0.25, 0.3) is 5.56 Å². The zero-order chi connectivity index (χ0) is 44.0. The molecule has 1 aliphatic heterocycles. The molecule has 0 saturated carbocycles. The summed E-state index contributed by atoms with van der Waals surface area (Å²) in [6, 6.07) is 38.6. The van der Waals surface area contributed by atoms with Crippen LogP contribution in [0.3, 0.4) is 0 Å². The average molecular weight is 881 g/mol. The molecule has 1 fully saturated rings. The van der Waals surface area contributed by atoms with Gasteiger partial charge in [0.2, 0.25) is 11.6 Å². The Labute approximate surface area is 362 Å². The van der Waals surface area contributed by atoms with E-state index in [-0.39, 0.29) is 47.7 Å². The fraction of sp³-hybridized carbons (Fsp3) is 0.289. The molecular formula is C45H46FN6O8PS. The van der Waals surface area contributed by atoms with Crippen LogP contribution in [0.5, 0.6) is 0 Å². The van der Waals surface area contributed by atoms with Gasteiger partial charge in [0.15, 0.2) is 22.5 Å². The predicted octanol–water partition coefficient (Wildman–Crippen LogP) is 6.53. The second-order valence-electron chi connectivity index (χ2n) is 15.2. The lowest BCUT2D eigenvalue weighted by Gasteiger charge is -2.38. The van der Waals surface area contributed by atoms with Crippen LogP contribution in [0.25, 0.3) is 11.2 Å². The van der Waals surface area contributed by atoms with Crippen LogP contribution < -0.4 is 16.4 Å². The smallest absolute Gasteiger partial charge is 0.386 e. The topological polar surface area (TPSA) is 193 Å². The summed E-state index contributed by atoms with van der Waals surface area (Å²) in [4.78, 5) is 36.6. The van der Waals surface area contributed by atoms with E-state index in [2.05, 4.69) is 20.0 Å². The van der Waals surface area contributed by atoms with Crippen LogP contribution >= 0.6 is 19.5 Å². The van der Waals surface area contributed by atoms with Crippen LogP contribution in [0.2, 0.25) is 0 Å². The Morgan fingerprint density at radius 1 is 1.00 bits per heavy atom. The molecule has 5 atom stereocenters. The first-order valence-corrected chi connectivity index (χ1v) is 22.2. The molecule has 0 bridgehead atoms. The number of nitrogen functional groups attached to an aromatic ring is 1. The summed E-state index contributed by atoms with van der Waals surface area (Å²) in [5, 5.41) is 13.8. The van der Waals surface area contributed by atoms with Gasteiger partial charge in [-0.05, 0) is 36.1 Å². The Kier molecular flexibility index (Phi) is 13.6. The third-order valence-corrected chi connectivity index (χ3v) is 13.2. The van der Waals surface area contributed by atoms with Gasteiger partial charge >= 0.3 is 7.75 Å². The zero-order valence-electron chi connectivity index (χ0n) is 33.9. The summed E-state index contributed by atoms with van der Waals surface area (Å²) in [6.45, 7) is 2.87. The largest absolute Gasteiger partial charge is 0.405 e. The zero-order valence-corrected chi connectivity index (χ0v) is 35.6. The Morgan fingerprint density at radius 2 is 1.56 bits per heavy atom. The molecule has 4 aromatic carbocycles. The SMILES string of the molecule is C#CC1(F)[C@@H](O)[C@@H](COP(=O)(NCc2ccccc2)OCCSC(=O)C(C)(C)COC(c2ccccc2)(c2ccccc2)c2ccccc2)O[C@H]1n1cnc2c(=O)[nH]c(N)nc21. The summed E-state index contributed by atoms with van der Waals surface area (Å²) in [5.74, 6) is 1.78. The number of alkyl halides is 1. The summed E-state index contributed by atoms with van der Waals surface area (Å²) in [5.41, 5.74) is 3.32. The van der Waals surface area contributed by atoms with Crippen molar-refractivity contribution in [1.82, 2.24) is 24.6 Å². The molecule has 5 N–H and O–H groups in total. The number of terminal acetylenes is 1. The molecule has 1 aliphatic rings. The number of fused-ring (bicyclic) bond motifs is 1. The number of anilines is 1. The number of hydrogen-bond acceptors (Lipinski definition) is 12. The van der Waals surface area contributed by atoms with E-state index in [1.165, 1.54) is 0 Å². The molecule has 1 saturated heterocycles. The number of benzene rings is 4. The van der Waals surface area contributed by atoms with Crippen molar-refractivity contribution in [2.24, 2.45) is 5.41 Å². The third-order valence-electron chi connectivity index (χ3n) is 10.4. The number of carbonyl (C=O) groups is 1. The average Bonchev–Trinajstić information content (AvgIpc) is 3.82. The number of hydrogen-bond donors (Lipinski definition) is 4. The number of halogens is 1. The number of aliphatic hydroxyl groups is 1. The Balaban J connectivity index is 1.03. The van der Waals surface area contributed by atoms with E-state index >= 15 is 4.39 Å². The number of ether oxygens (including phenoxy) is 2. The van der Waals surface area contributed by atoms with Crippen molar-refractivity contribution in [1.29, 1.82) is 0 Å². The second kappa shape index (κ2) is 18.9. The highest BCUT2D eigenvalue weighted by Crippen LogP contribution is 2.48. The van der Waals surface area contributed by atoms with E-state index in [0.717, 1.165) is 44.9 Å². The van der Waals surface area contributed by atoms with Crippen LogP contribution in [-0.4, -0.2) is 73.2 Å². The van der Waals surface area contributed by atoms with Gasteiger partial charge in [-0.15, -0.1) is 6.42 Å². The van der Waals surface area contributed by atoms with E-state index in [0.29, 0.717) is 0 Å². The van der Waals surface area contributed by atoms with Crippen LogP contribution in [0.4, 0.5) is 10.3 Å². The van der Waals surface area contributed by atoms with Crippen molar-refractivity contribution in [2.75, 3.05) is 31.3 Å². The fourth-order valence-electron chi connectivity index (χ4n) is 7.11. The van der Waals surface area contributed by atoms with Crippen LogP contribution in [-0.2, 0) is 40.0 Å². The number of imidazole rings is 1. The number of nitrogens with two attached hydrogens (primary N) is 1. The number of nitrogens with zero attached hydrogens (tertiary/aromatic N) is 3. The molecule has 0 spiro atoms. The van der Waals surface area contributed by atoms with E-state index in [9.17, 15) is 19.3 Å². The molecule has 3 heterocycles. The van der Waals surface area contributed by atoms with Gasteiger partial charge in [-0.2, -0.15) is 4.98 Å². The van der Waals surface area contributed by atoms with Gasteiger partial charge in [0.1, 0.15) is 17.8 Å². The van der Waals surface area contributed by atoms with Gasteiger partial charge in [-0.25, -0.2) is 19.0 Å². The van der Waals surface area contributed by atoms with Crippen LogP contribution in [0.1, 0.15) is 42.3 Å². The number of nitrogens with one attached hydrogen (secondary N) is 2. The first-order chi connectivity index (χ1) is 29.8. The van der Waals surface area contributed by atoms with E-state index in [4.69, 9.17) is 30.7 Å². The lowest BCUT2D eigenvalue weighted by atomic mass is 9.79. The van der Waals surface area contributed by atoms with Crippen molar-refractivity contribution in [3.63, 3.8) is 0 Å². The van der Waals surface area contributed by atoms with Crippen LogP contribution in [0, 0.1) is 17.8 Å². The molecule has 322 valence electrons. The van der Waals surface area contributed by atoms with Crippen molar-refractivity contribution >= 4 is 41.7 Å². The van der Waals surface area contributed by atoms with Crippen molar-refractivity contribution in [3.8, 4) is 12.3 Å². The van der Waals surface area contributed by atoms with Crippen molar-refractivity contribution in [2.45, 2.75) is 50.1 Å². The summed E-state index contributed by atoms with van der Waals surface area (Å²) >= 11 is 0.992. The molecule has 0 radical (unpaired) electrons. The van der Waals surface area contributed by atoms with Gasteiger partial charge in [0, 0.05) is 12.3 Å². The fourth-order valence-corrected chi connectivity index (χ4v) is 9.35. The first kappa shape index (κ1) is 44.6. The molecular weight excluding hydrogens is 835 g/mol. The van der Waals surface area contributed by atoms with Gasteiger partial charge in [-0.3, -0.25) is 28.2 Å². The third kappa shape index (κ3) is 9.31. The van der Waals surface area contributed by atoms with Crippen molar-refractivity contribution in [3.05, 3.63) is 160 Å². The lowest BCUT2D eigenvalue weighted by molar-refractivity contribution is -0.124. The van der Waals surface area contributed by atoms with Crippen LogP contribution in [0.15, 0.2) is 132 Å². The summed E-state index contributed by atoms with van der Waals surface area (Å²) in [6.07, 6.45) is 1.50. The maximum atomic E-state index is 16.4. The highest BCUT2D eigenvalue weighted by atomic mass is 32.2. The molecule has 7 rings (SSSR count). The molecule has 6 aromatic rings. The maximum Gasteiger partial charge on any atom is 0.405 e. The van der Waals surface area contributed by atoms with E-state index < -0.39 is 55.0 Å². The minimum absolute atomic E-state index is 0.0475. The lowest BCUT2D eigenvalue weighted by Crippen LogP contribution is -2.42. The molecule has 2 aromatic heterocycles. The van der Waals surface area contributed by atoms with Crippen molar-refractivity contribution < 1.29 is 37.4 Å². The second-order valence-corrected chi connectivity index (χ2v) is 18.1. The highest BCUT2D eigenvalue weighted by molar-refractivity contribution is 8.13. The Bertz CT molecular complexity index is 2520. The Morgan fingerprint density at radius 3 is 2.13 bits per heavy atom. The molecule has 0 aliphatic carbocycles. The van der Waals surface area contributed by atoms with E-state index in [1.807, 2.05) is 103 Å². The number of thioether (sulfide) groups is 1. The number of H-pyrrole nitrogens is 1. The maximum absolute atomic E-state index is 16.4. The standard InChI is InChI=1S/C45H46FN6O8PS/c1-4-44(46)37(53)35(60-40(44)52-30-48-36-38(52)50-42(47)51-39(36)54)28-59-61(56,49-27-31-17-9-5-10-18-31)58-25-26-62-41(55)43(2,3)29-57-45(32-19-11-6-12-20-32,33-21-13-7-14-22-33)34-23-15-8-16-24-34/h1,5-24,30,35,37,40,53H,25-29H2,2-3H3,(H,49,56)(H3,47,50,51,54)/t35-,37+,40-,44?,61?/m1/s1. The molecule has 14 nitrogen and oxygen atoms in total. The molecule has 17 heteroatoms. The number of aromatic amines is 1. The van der Waals surface area contributed by atoms with E-state index in [1.54, 1.807) is 38.1 Å². The molecule has 0 amide bonds. The molecule has 62 heavy (non-hydrogen) atoms. The van der Waals surface area contributed by atoms with Gasteiger partial charge in [0.05, 0.1) is 31.6 Å². The predicted molar refractivity (Wildman–Crippen MR) is 234 cm³/mol. The van der Waals surface area contributed by atoms with Gasteiger partial charge < -0.3 is 20.3 Å². The first-order valence-electron chi connectivity index (χ1n) is 19.7. The van der Waals surface area contributed by atoms with Gasteiger partial charge in [-0.1, -0.05) is 139 Å². The normalized spacial score (nSPS) is 20.1. The number of aromatic nitrogens is 4. The number of aliphatic hydroxyl groups excluding tert-OH is 1. The minimum Gasteiger partial charge on any atom is -0.386 e. The highest BCUT2D eigenvalue weighted by Gasteiger charge is 2.58. The number of carbonyl (C=O) groups excluding carboxylic acids is 1. The Hall–Kier alpha value is -5.47. The minimum atomic E-state index is -4.24. The molecule has 2 unspecified atom stereocenters. The monoisotopic (exact) mass is 880 g/mol. The number of rotatable bonds is 18. The quantitative estimate of drug-likeness (QED) is 0.0316. The summed E-state index contributed by atoms with van der Waals surface area (Å²) in [7, 11) is -4.24. The summed E-state index contributed by atoms with van der Waals surface area (Å²) < 4.78 is 56.2.